The summed E-state index contributed by atoms with van der Waals surface area (Å²) in [6.07, 6.45) is 0.660. The summed E-state index contributed by atoms with van der Waals surface area (Å²) in [4.78, 5) is 5.23. The number of aliphatic hydroxyl groups is 1. The van der Waals surface area contributed by atoms with Gasteiger partial charge in [0.05, 0.1) is 12.3 Å². The Morgan fingerprint density at radius 2 is 2.33 bits per heavy atom. The lowest BCUT2D eigenvalue weighted by molar-refractivity contribution is -0.0428. The summed E-state index contributed by atoms with van der Waals surface area (Å²) in [6.45, 7) is 3.90. The summed E-state index contributed by atoms with van der Waals surface area (Å²) < 4.78 is 0. The second-order valence-electron chi connectivity index (χ2n) is 4.28. The molecule has 0 fully saturated rings. The van der Waals surface area contributed by atoms with Gasteiger partial charge in [0.1, 0.15) is 0 Å². The molecule has 0 radical (unpaired) electrons. The van der Waals surface area contributed by atoms with Gasteiger partial charge in [0.2, 0.25) is 0 Å². The first-order chi connectivity index (χ1) is 7.13. The number of rotatable bonds is 2. The maximum atomic E-state index is 9.15. The molecule has 15 heavy (non-hydrogen) atoms. The van der Waals surface area contributed by atoms with Crippen LogP contribution in [0.25, 0.3) is 0 Å². The number of nitrogens with zero attached hydrogens (tertiary/aromatic N) is 1. The molecular weight excluding hydrogens is 190 g/mol. The highest BCUT2D eigenvalue weighted by molar-refractivity contribution is 6.01. The van der Waals surface area contributed by atoms with Gasteiger partial charge in [-0.15, -0.1) is 0 Å². The van der Waals surface area contributed by atoms with Gasteiger partial charge >= 0.3 is 0 Å². The lowest BCUT2D eigenvalue weighted by Gasteiger charge is -2.17. The van der Waals surface area contributed by atoms with E-state index in [4.69, 9.17) is 9.94 Å². The lowest BCUT2D eigenvalue weighted by Crippen LogP contribution is -2.29. The van der Waals surface area contributed by atoms with Crippen LogP contribution < -0.4 is 0 Å². The quantitative estimate of drug-likeness (QED) is 0.800. The van der Waals surface area contributed by atoms with Crippen molar-refractivity contribution in [1.82, 2.24) is 0 Å². The predicted octanol–water partition coefficient (Wildman–Crippen LogP) is 1.87. The molecule has 0 saturated heterocycles. The molecule has 1 atom stereocenters. The Kier molecular flexibility index (Phi) is 2.49. The van der Waals surface area contributed by atoms with Crippen LogP contribution in [-0.2, 0) is 4.84 Å². The van der Waals surface area contributed by atoms with E-state index in [2.05, 4.69) is 11.2 Å². The number of hydrogen-bond donors (Lipinski definition) is 1. The van der Waals surface area contributed by atoms with Gasteiger partial charge in [-0.2, -0.15) is 0 Å². The van der Waals surface area contributed by atoms with Gasteiger partial charge in [0, 0.05) is 6.42 Å². The van der Waals surface area contributed by atoms with Gasteiger partial charge in [-0.1, -0.05) is 35.0 Å². The van der Waals surface area contributed by atoms with Gasteiger partial charge in [0.15, 0.2) is 5.60 Å². The highest BCUT2D eigenvalue weighted by atomic mass is 16.7. The first-order valence-electron chi connectivity index (χ1n) is 5.06. The van der Waals surface area contributed by atoms with Crippen molar-refractivity contribution in [3.8, 4) is 0 Å². The molecule has 1 aromatic carbocycles. The van der Waals surface area contributed by atoms with Crippen LogP contribution in [0.15, 0.2) is 29.4 Å². The standard InChI is InChI=1S/C12H15NO2/c1-9-4-3-5-10(6-9)11-7-12(2,8-14)15-13-11/h3-6,14H,7-8H2,1-2H3/t12-/m1/s1. The Balaban J connectivity index is 2.21. The summed E-state index contributed by atoms with van der Waals surface area (Å²) in [6, 6.07) is 8.14. The molecule has 0 spiro atoms. The summed E-state index contributed by atoms with van der Waals surface area (Å²) in [5.41, 5.74) is 2.65. The van der Waals surface area contributed by atoms with Crippen LogP contribution in [0.2, 0.25) is 0 Å². The third-order valence-corrected chi connectivity index (χ3v) is 2.60. The minimum Gasteiger partial charge on any atom is -0.392 e. The van der Waals surface area contributed by atoms with Crippen molar-refractivity contribution in [3.63, 3.8) is 0 Å². The van der Waals surface area contributed by atoms with Crippen LogP contribution in [0, 0.1) is 6.92 Å². The lowest BCUT2D eigenvalue weighted by atomic mass is 9.96. The van der Waals surface area contributed by atoms with Crippen molar-refractivity contribution >= 4 is 5.71 Å². The Morgan fingerprint density at radius 1 is 1.53 bits per heavy atom. The van der Waals surface area contributed by atoms with E-state index in [1.165, 1.54) is 5.56 Å². The van der Waals surface area contributed by atoms with E-state index in [9.17, 15) is 0 Å². The number of aryl methyl sites for hydroxylation is 1. The van der Waals surface area contributed by atoms with E-state index in [-0.39, 0.29) is 6.61 Å². The average molecular weight is 205 g/mol. The van der Waals surface area contributed by atoms with Crippen molar-refractivity contribution in [2.24, 2.45) is 5.16 Å². The smallest absolute Gasteiger partial charge is 0.163 e. The number of hydrogen-bond acceptors (Lipinski definition) is 3. The van der Waals surface area contributed by atoms with Crippen molar-refractivity contribution in [1.29, 1.82) is 0 Å². The molecule has 1 aliphatic rings. The second-order valence-corrected chi connectivity index (χ2v) is 4.28. The molecule has 3 heteroatoms. The minimum absolute atomic E-state index is 0.00812. The first kappa shape index (κ1) is 10.2. The molecule has 1 heterocycles. The molecule has 0 bridgehead atoms. The van der Waals surface area contributed by atoms with Gasteiger partial charge in [-0.05, 0) is 19.4 Å². The van der Waals surface area contributed by atoms with E-state index < -0.39 is 5.60 Å². The van der Waals surface area contributed by atoms with E-state index in [0.717, 1.165) is 11.3 Å². The summed E-state index contributed by atoms with van der Waals surface area (Å²) in [7, 11) is 0. The third-order valence-electron chi connectivity index (χ3n) is 2.60. The highest BCUT2D eigenvalue weighted by Crippen LogP contribution is 2.25. The van der Waals surface area contributed by atoms with Crippen LogP contribution in [-0.4, -0.2) is 23.0 Å². The molecule has 1 aliphatic heterocycles. The summed E-state index contributed by atoms with van der Waals surface area (Å²) in [5.74, 6) is 0. The molecule has 2 rings (SSSR count). The van der Waals surface area contributed by atoms with Crippen molar-refractivity contribution < 1.29 is 9.94 Å². The topological polar surface area (TPSA) is 41.8 Å². The van der Waals surface area contributed by atoms with Crippen LogP contribution >= 0.6 is 0 Å². The van der Waals surface area contributed by atoms with Crippen molar-refractivity contribution in [2.75, 3.05) is 6.61 Å². The normalized spacial score (nSPS) is 24.9. The largest absolute Gasteiger partial charge is 0.392 e. The van der Waals surface area contributed by atoms with E-state index in [1.54, 1.807) is 0 Å². The third kappa shape index (κ3) is 2.02. The molecule has 1 N–H and O–H groups in total. The Morgan fingerprint density at radius 3 is 2.93 bits per heavy atom. The monoisotopic (exact) mass is 205 g/mol. The molecule has 80 valence electrons. The Labute approximate surface area is 89.4 Å². The Bertz CT molecular complexity index is 400. The number of benzene rings is 1. The molecule has 0 unspecified atom stereocenters. The number of aliphatic hydroxyl groups excluding tert-OH is 1. The van der Waals surface area contributed by atoms with Gasteiger partial charge in [0.25, 0.3) is 0 Å². The van der Waals surface area contributed by atoms with Crippen LogP contribution in [0.5, 0.6) is 0 Å². The maximum absolute atomic E-state index is 9.15. The molecule has 0 amide bonds. The van der Waals surface area contributed by atoms with E-state index in [1.807, 2.05) is 32.0 Å². The maximum Gasteiger partial charge on any atom is 0.163 e. The van der Waals surface area contributed by atoms with E-state index >= 15 is 0 Å². The molecule has 3 nitrogen and oxygen atoms in total. The fourth-order valence-corrected chi connectivity index (χ4v) is 1.65. The molecule has 0 saturated carbocycles. The van der Waals surface area contributed by atoms with Crippen LogP contribution in [0.4, 0.5) is 0 Å². The minimum atomic E-state index is -0.543. The second kappa shape index (κ2) is 3.66. The zero-order valence-electron chi connectivity index (χ0n) is 9.03. The molecular formula is C12H15NO2. The molecule has 1 aromatic rings. The SMILES string of the molecule is Cc1cccc(C2=NO[C@@](C)(CO)C2)c1. The fraction of sp³-hybridized carbons (Fsp3) is 0.417. The van der Waals surface area contributed by atoms with E-state index in [0.29, 0.717) is 6.42 Å². The number of oxime groups is 1. The highest BCUT2D eigenvalue weighted by Gasteiger charge is 2.33. The van der Waals surface area contributed by atoms with Gasteiger partial charge in [-0.3, -0.25) is 0 Å². The van der Waals surface area contributed by atoms with Crippen LogP contribution in [0.3, 0.4) is 0 Å². The predicted molar refractivity (Wildman–Crippen MR) is 58.9 cm³/mol. The summed E-state index contributed by atoms with van der Waals surface area (Å²) >= 11 is 0. The van der Waals surface area contributed by atoms with Crippen molar-refractivity contribution in [2.45, 2.75) is 25.9 Å². The van der Waals surface area contributed by atoms with Crippen molar-refractivity contribution in [3.05, 3.63) is 35.4 Å². The fourth-order valence-electron chi connectivity index (χ4n) is 1.65. The zero-order valence-corrected chi connectivity index (χ0v) is 9.03. The van der Waals surface area contributed by atoms with Gasteiger partial charge in [-0.25, -0.2) is 0 Å². The molecule has 0 aromatic heterocycles. The molecule has 0 aliphatic carbocycles. The zero-order chi connectivity index (χ0) is 10.9. The van der Waals surface area contributed by atoms with Crippen LogP contribution in [0.1, 0.15) is 24.5 Å². The first-order valence-corrected chi connectivity index (χ1v) is 5.06. The van der Waals surface area contributed by atoms with Gasteiger partial charge < -0.3 is 9.94 Å². The Hall–Kier alpha value is -1.35. The average Bonchev–Trinajstić information content (AvgIpc) is 2.62. The summed E-state index contributed by atoms with van der Waals surface area (Å²) in [5, 5.41) is 13.2.